The highest BCUT2D eigenvalue weighted by Crippen LogP contribution is 2.12. The summed E-state index contributed by atoms with van der Waals surface area (Å²) >= 11 is 0. The Balaban J connectivity index is 2.50. The van der Waals surface area contributed by atoms with Gasteiger partial charge in [-0.15, -0.1) is 0 Å². The lowest BCUT2D eigenvalue weighted by atomic mass is 10.1. The number of carbonyl (C=O) groups is 1. The number of nitrogens with two attached hydrogens (primary N) is 2. The average molecular weight is 224 g/mol. The molecule has 1 atom stereocenters. The van der Waals surface area contributed by atoms with E-state index in [2.05, 4.69) is 0 Å². The highest BCUT2D eigenvalue weighted by molar-refractivity contribution is 5.68. The quantitative estimate of drug-likeness (QED) is 0.630. The smallest absolute Gasteiger partial charge is 0.341 e. The Labute approximate surface area is 94.0 Å². The fourth-order valence-corrected chi connectivity index (χ4v) is 1.25. The Morgan fingerprint density at radius 3 is 2.50 bits per heavy atom. The summed E-state index contributed by atoms with van der Waals surface area (Å²) in [6.07, 6.45) is 0.704. The van der Waals surface area contributed by atoms with E-state index >= 15 is 0 Å². The minimum Gasteiger partial charge on any atom is -0.482 e. The van der Waals surface area contributed by atoms with Crippen LogP contribution in [0.4, 0.5) is 0 Å². The molecule has 0 bridgehead atoms. The van der Waals surface area contributed by atoms with Gasteiger partial charge in [0.05, 0.1) is 0 Å². The summed E-state index contributed by atoms with van der Waals surface area (Å²) in [6, 6.07) is 7.10. The van der Waals surface area contributed by atoms with Gasteiger partial charge in [0.25, 0.3) is 0 Å². The third-order valence-corrected chi connectivity index (χ3v) is 2.09. The largest absolute Gasteiger partial charge is 0.482 e. The van der Waals surface area contributed by atoms with Crippen molar-refractivity contribution in [3.05, 3.63) is 29.8 Å². The maximum absolute atomic E-state index is 10.3. The number of benzene rings is 1. The molecular formula is C11H16N2O3. The van der Waals surface area contributed by atoms with E-state index in [0.29, 0.717) is 18.7 Å². The van der Waals surface area contributed by atoms with E-state index in [0.717, 1.165) is 5.56 Å². The molecule has 0 saturated heterocycles. The molecule has 1 rings (SSSR count). The molecule has 16 heavy (non-hydrogen) atoms. The highest BCUT2D eigenvalue weighted by atomic mass is 16.5. The molecular weight excluding hydrogens is 208 g/mol. The van der Waals surface area contributed by atoms with Gasteiger partial charge in [0.2, 0.25) is 0 Å². The van der Waals surface area contributed by atoms with E-state index in [-0.39, 0.29) is 12.6 Å². The van der Waals surface area contributed by atoms with Gasteiger partial charge in [-0.2, -0.15) is 0 Å². The molecule has 5 N–H and O–H groups in total. The molecule has 0 spiro atoms. The molecule has 5 nitrogen and oxygen atoms in total. The highest BCUT2D eigenvalue weighted by Gasteiger charge is 2.03. The Hall–Kier alpha value is -1.59. The molecule has 1 aromatic carbocycles. The van der Waals surface area contributed by atoms with Crippen LogP contribution in [0.3, 0.4) is 0 Å². The first-order chi connectivity index (χ1) is 7.61. The van der Waals surface area contributed by atoms with Crippen molar-refractivity contribution in [3.63, 3.8) is 0 Å². The lowest BCUT2D eigenvalue weighted by Gasteiger charge is -2.09. The van der Waals surface area contributed by atoms with E-state index in [1.165, 1.54) is 0 Å². The minimum absolute atomic E-state index is 0.0502. The predicted octanol–water partition coefficient (Wildman–Crippen LogP) is -0.0215. The van der Waals surface area contributed by atoms with Gasteiger partial charge >= 0.3 is 5.97 Å². The first kappa shape index (κ1) is 12.5. The van der Waals surface area contributed by atoms with Crippen molar-refractivity contribution in [2.75, 3.05) is 13.2 Å². The first-order valence-corrected chi connectivity index (χ1v) is 5.01. The van der Waals surface area contributed by atoms with Gasteiger partial charge in [-0.3, -0.25) is 0 Å². The van der Waals surface area contributed by atoms with Crippen LogP contribution in [-0.2, 0) is 11.2 Å². The Kier molecular flexibility index (Phi) is 4.75. The maximum atomic E-state index is 10.3. The molecule has 5 heteroatoms. The number of aliphatic carboxylic acids is 1. The molecule has 0 aliphatic heterocycles. The van der Waals surface area contributed by atoms with Crippen molar-refractivity contribution >= 4 is 5.97 Å². The number of carboxylic acids is 1. The van der Waals surface area contributed by atoms with Crippen LogP contribution in [0, 0.1) is 0 Å². The Morgan fingerprint density at radius 1 is 1.38 bits per heavy atom. The second-order valence-corrected chi connectivity index (χ2v) is 3.53. The lowest BCUT2D eigenvalue weighted by Crippen LogP contribution is -2.31. The van der Waals surface area contributed by atoms with Gasteiger partial charge in [0.15, 0.2) is 6.61 Å². The van der Waals surface area contributed by atoms with Crippen molar-refractivity contribution in [1.82, 2.24) is 0 Å². The molecule has 1 unspecified atom stereocenters. The minimum atomic E-state index is -0.991. The van der Waals surface area contributed by atoms with Crippen LogP contribution in [0.1, 0.15) is 5.56 Å². The monoisotopic (exact) mass is 224 g/mol. The summed E-state index contributed by atoms with van der Waals surface area (Å²) in [6.45, 7) is 0.110. The molecule has 0 radical (unpaired) electrons. The molecule has 88 valence electrons. The van der Waals surface area contributed by atoms with Crippen molar-refractivity contribution in [1.29, 1.82) is 0 Å². The SMILES string of the molecule is NCC(N)Cc1ccc(OCC(=O)O)cc1. The average Bonchev–Trinajstić information content (AvgIpc) is 2.28. The number of ether oxygens (including phenoxy) is 1. The van der Waals surface area contributed by atoms with E-state index in [1.54, 1.807) is 12.1 Å². The fraction of sp³-hybridized carbons (Fsp3) is 0.364. The zero-order valence-corrected chi connectivity index (χ0v) is 8.93. The fourth-order valence-electron chi connectivity index (χ4n) is 1.25. The molecule has 0 aliphatic rings. The molecule has 0 aromatic heterocycles. The van der Waals surface area contributed by atoms with E-state index in [9.17, 15) is 4.79 Å². The second-order valence-electron chi connectivity index (χ2n) is 3.53. The summed E-state index contributed by atoms with van der Waals surface area (Å²) in [7, 11) is 0. The van der Waals surface area contributed by atoms with Crippen molar-refractivity contribution in [3.8, 4) is 5.75 Å². The van der Waals surface area contributed by atoms with E-state index in [1.807, 2.05) is 12.1 Å². The van der Waals surface area contributed by atoms with Crippen molar-refractivity contribution in [2.24, 2.45) is 11.5 Å². The number of hydrogen-bond acceptors (Lipinski definition) is 4. The predicted molar refractivity (Wildman–Crippen MR) is 60.3 cm³/mol. The number of carboxylic acid groups (broad SMARTS) is 1. The standard InChI is InChI=1S/C11H16N2O3/c12-6-9(13)5-8-1-3-10(4-2-8)16-7-11(14)15/h1-4,9H,5-7,12-13H2,(H,14,15). The third kappa shape index (κ3) is 4.29. The van der Waals surface area contributed by atoms with Crippen LogP contribution in [-0.4, -0.2) is 30.3 Å². The zero-order valence-electron chi connectivity index (χ0n) is 8.93. The van der Waals surface area contributed by atoms with Gasteiger partial charge in [-0.25, -0.2) is 4.79 Å². The summed E-state index contributed by atoms with van der Waals surface area (Å²) < 4.78 is 5.00. The molecule has 0 amide bonds. The second kappa shape index (κ2) is 6.09. The number of hydrogen-bond donors (Lipinski definition) is 3. The first-order valence-electron chi connectivity index (χ1n) is 5.01. The zero-order chi connectivity index (χ0) is 12.0. The summed E-state index contributed by atoms with van der Waals surface area (Å²) in [5.74, 6) is -0.457. The molecule has 0 saturated carbocycles. The Bertz CT molecular complexity index is 338. The van der Waals surface area contributed by atoms with E-state index < -0.39 is 5.97 Å². The van der Waals surface area contributed by atoms with Crippen LogP contribution in [0.2, 0.25) is 0 Å². The molecule has 0 aliphatic carbocycles. The van der Waals surface area contributed by atoms with Crippen LogP contribution in [0.15, 0.2) is 24.3 Å². The van der Waals surface area contributed by atoms with Gasteiger partial charge in [-0.1, -0.05) is 12.1 Å². The third-order valence-electron chi connectivity index (χ3n) is 2.09. The van der Waals surface area contributed by atoms with Gasteiger partial charge < -0.3 is 21.3 Å². The van der Waals surface area contributed by atoms with Gasteiger partial charge in [-0.05, 0) is 24.1 Å². The summed E-state index contributed by atoms with van der Waals surface area (Å²) in [5, 5.41) is 8.42. The van der Waals surface area contributed by atoms with Gasteiger partial charge in [0, 0.05) is 12.6 Å². The molecule has 0 fully saturated rings. The molecule has 0 heterocycles. The number of rotatable bonds is 6. The lowest BCUT2D eigenvalue weighted by molar-refractivity contribution is -0.139. The van der Waals surface area contributed by atoms with Crippen LogP contribution in [0.5, 0.6) is 5.75 Å². The van der Waals surface area contributed by atoms with Crippen molar-refractivity contribution < 1.29 is 14.6 Å². The Morgan fingerprint density at radius 2 is 2.00 bits per heavy atom. The van der Waals surface area contributed by atoms with Crippen molar-refractivity contribution in [2.45, 2.75) is 12.5 Å². The molecule has 1 aromatic rings. The van der Waals surface area contributed by atoms with Crippen LogP contribution in [0.25, 0.3) is 0 Å². The summed E-state index contributed by atoms with van der Waals surface area (Å²) in [5.41, 5.74) is 12.2. The van der Waals surface area contributed by atoms with E-state index in [4.69, 9.17) is 21.3 Å². The van der Waals surface area contributed by atoms with Crippen LogP contribution >= 0.6 is 0 Å². The normalized spacial score (nSPS) is 12.1. The van der Waals surface area contributed by atoms with Gasteiger partial charge in [0.1, 0.15) is 5.75 Å². The summed E-state index contributed by atoms with van der Waals surface area (Å²) in [4.78, 5) is 10.3. The topological polar surface area (TPSA) is 98.6 Å². The van der Waals surface area contributed by atoms with Crippen LogP contribution < -0.4 is 16.2 Å². The maximum Gasteiger partial charge on any atom is 0.341 e.